The predicted octanol–water partition coefficient (Wildman–Crippen LogP) is 2.88. The lowest BCUT2D eigenvalue weighted by atomic mass is 10.1. The van der Waals surface area contributed by atoms with Crippen molar-refractivity contribution in [1.82, 2.24) is 9.55 Å². The number of aromatic nitrogens is 2. The lowest BCUT2D eigenvalue weighted by Crippen LogP contribution is -2.02. The van der Waals surface area contributed by atoms with E-state index in [1.807, 2.05) is 36.0 Å². The van der Waals surface area contributed by atoms with Crippen LogP contribution in [0.25, 0.3) is 11.3 Å². The second kappa shape index (κ2) is 6.09. The second-order valence-electron chi connectivity index (χ2n) is 4.39. The van der Waals surface area contributed by atoms with Crippen LogP contribution in [0.5, 0.6) is 5.75 Å². The van der Waals surface area contributed by atoms with E-state index in [-0.39, 0.29) is 6.42 Å². The summed E-state index contributed by atoms with van der Waals surface area (Å²) in [7, 11) is 3.47. The highest BCUT2D eigenvalue weighted by Gasteiger charge is 2.13. The standard InChI is InChI=1S/C14H15BrN2O3/c1-17-8-11(16-13(17)5-6-14(18)19)10-7-9(15)3-4-12(10)20-2/h3-4,7-8H,5-6H2,1-2H3,(H,18,19). The Kier molecular flexibility index (Phi) is 4.44. The van der Waals surface area contributed by atoms with Crippen molar-refractivity contribution in [2.75, 3.05) is 7.11 Å². The van der Waals surface area contributed by atoms with Crippen LogP contribution in [0, 0.1) is 0 Å². The third-order valence-corrected chi connectivity index (χ3v) is 3.47. The molecule has 2 rings (SSSR count). The minimum atomic E-state index is -0.824. The van der Waals surface area contributed by atoms with Crippen LogP contribution in [0.3, 0.4) is 0 Å². The highest BCUT2D eigenvalue weighted by atomic mass is 79.9. The quantitative estimate of drug-likeness (QED) is 0.910. The Balaban J connectivity index is 2.36. The zero-order valence-electron chi connectivity index (χ0n) is 11.3. The van der Waals surface area contributed by atoms with Crippen LogP contribution in [0.4, 0.5) is 0 Å². The number of halogens is 1. The number of aliphatic carboxylic acids is 1. The molecule has 0 unspecified atom stereocenters. The Hall–Kier alpha value is -1.82. The predicted molar refractivity (Wildman–Crippen MR) is 78.9 cm³/mol. The number of hydrogen-bond donors (Lipinski definition) is 1. The van der Waals surface area contributed by atoms with Crippen molar-refractivity contribution < 1.29 is 14.6 Å². The Bertz CT molecular complexity index is 637. The van der Waals surface area contributed by atoms with Crippen LogP contribution in [0.2, 0.25) is 0 Å². The second-order valence-corrected chi connectivity index (χ2v) is 5.31. The average Bonchev–Trinajstić information content (AvgIpc) is 2.77. The molecule has 0 amide bonds. The van der Waals surface area contributed by atoms with Crippen LogP contribution >= 0.6 is 15.9 Å². The molecule has 0 aliphatic rings. The van der Waals surface area contributed by atoms with Crippen LogP contribution in [-0.4, -0.2) is 27.7 Å². The number of carboxylic acids is 1. The number of benzene rings is 1. The number of hydrogen-bond acceptors (Lipinski definition) is 3. The van der Waals surface area contributed by atoms with E-state index in [2.05, 4.69) is 20.9 Å². The van der Waals surface area contributed by atoms with Crippen LogP contribution < -0.4 is 4.74 Å². The molecule has 6 heteroatoms. The van der Waals surface area contributed by atoms with Gasteiger partial charge in [0.05, 0.1) is 19.2 Å². The molecule has 1 N–H and O–H groups in total. The minimum absolute atomic E-state index is 0.0694. The fourth-order valence-electron chi connectivity index (χ4n) is 1.97. The first-order valence-electron chi connectivity index (χ1n) is 6.09. The molecule has 106 valence electrons. The van der Waals surface area contributed by atoms with Gasteiger partial charge in [-0.15, -0.1) is 0 Å². The van der Waals surface area contributed by atoms with Gasteiger partial charge in [0, 0.05) is 29.7 Å². The molecule has 0 bridgehead atoms. The van der Waals surface area contributed by atoms with Crippen molar-refractivity contribution >= 4 is 21.9 Å². The third kappa shape index (κ3) is 3.19. The third-order valence-electron chi connectivity index (χ3n) is 2.97. The topological polar surface area (TPSA) is 64.3 Å². The van der Waals surface area contributed by atoms with Gasteiger partial charge in [0.25, 0.3) is 0 Å². The van der Waals surface area contributed by atoms with Crippen LogP contribution in [-0.2, 0) is 18.3 Å². The summed E-state index contributed by atoms with van der Waals surface area (Å²) >= 11 is 3.43. The monoisotopic (exact) mass is 338 g/mol. The van der Waals surface area contributed by atoms with Gasteiger partial charge in [0.15, 0.2) is 0 Å². The molecule has 1 heterocycles. The molecule has 5 nitrogen and oxygen atoms in total. The summed E-state index contributed by atoms with van der Waals surface area (Å²) in [6.07, 6.45) is 2.35. The molecule has 0 saturated carbocycles. The minimum Gasteiger partial charge on any atom is -0.496 e. The first-order chi connectivity index (χ1) is 9.51. The normalized spacial score (nSPS) is 10.6. The maximum Gasteiger partial charge on any atom is 0.303 e. The van der Waals surface area contributed by atoms with E-state index in [1.165, 1.54) is 0 Å². The first-order valence-corrected chi connectivity index (χ1v) is 6.88. The summed E-state index contributed by atoms with van der Waals surface area (Å²) in [6, 6.07) is 5.70. The zero-order valence-corrected chi connectivity index (χ0v) is 12.8. The van der Waals surface area contributed by atoms with Gasteiger partial charge in [0.1, 0.15) is 11.6 Å². The molecule has 2 aromatic rings. The van der Waals surface area contributed by atoms with E-state index in [1.54, 1.807) is 7.11 Å². The molecular weight excluding hydrogens is 324 g/mol. The van der Waals surface area contributed by atoms with E-state index >= 15 is 0 Å². The SMILES string of the molecule is COc1ccc(Br)cc1-c1cn(C)c(CCC(=O)O)n1. The van der Waals surface area contributed by atoms with E-state index in [4.69, 9.17) is 9.84 Å². The number of nitrogens with zero attached hydrogens (tertiary/aromatic N) is 2. The van der Waals surface area contributed by atoms with Gasteiger partial charge >= 0.3 is 5.97 Å². The highest BCUT2D eigenvalue weighted by Crippen LogP contribution is 2.32. The maximum atomic E-state index is 10.6. The van der Waals surface area contributed by atoms with Gasteiger partial charge < -0.3 is 14.4 Å². The molecular formula is C14H15BrN2O3. The van der Waals surface area contributed by atoms with Gasteiger partial charge in [-0.05, 0) is 18.2 Å². The fraction of sp³-hybridized carbons (Fsp3) is 0.286. The van der Waals surface area contributed by atoms with Crippen molar-refractivity contribution in [3.63, 3.8) is 0 Å². The Labute approximate surface area is 125 Å². The zero-order chi connectivity index (χ0) is 14.7. The molecule has 1 aromatic carbocycles. The van der Waals surface area contributed by atoms with Gasteiger partial charge in [-0.1, -0.05) is 15.9 Å². The number of ether oxygens (including phenoxy) is 1. The van der Waals surface area contributed by atoms with E-state index in [0.717, 1.165) is 27.3 Å². The number of carbonyl (C=O) groups is 1. The number of aryl methyl sites for hydroxylation is 2. The lowest BCUT2D eigenvalue weighted by molar-refractivity contribution is -0.137. The fourth-order valence-corrected chi connectivity index (χ4v) is 2.33. The van der Waals surface area contributed by atoms with Gasteiger partial charge in [-0.2, -0.15) is 0 Å². The highest BCUT2D eigenvalue weighted by molar-refractivity contribution is 9.10. The summed E-state index contributed by atoms with van der Waals surface area (Å²) in [5.74, 6) is 0.648. The van der Waals surface area contributed by atoms with Crippen molar-refractivity contribution in [3.8, 4) is 17.0 Å². The summed E-state index contributed by atoms with van der Waals surface area (Å²) in [6.45, 7) is 0. The molecule has 0 radical (unpaired) electrons. The van der Waals surface area contributed by atoms with Crippen LogP contribution in [0.15, 0.2) is 28.9 Å². The molecule has 20 heavy (non-hydrogen) atoms. The molecule has 0 spiro atoms. The average molecular weight is 339 g/mol. The van der Waals surface area contributed by atoms with Gasteiger partial charge in [-0.25, -0.2) is 4.98 Å². The van der Waals surface area contributed by atoms with Crippen molar-refractivity contribution in [2.45, 2.75) is 12.8 Å². The number of methoxy groups -OCH3 is 1. The van der Waals surface area contributed by atoms with E-state index < -0.39 is 5.97 Å². The van der Waals surface area contributed by atoms with Crippen LogP contribution in [0.1, 0.15) is 12.2 Å². The number of carboxylic acid groups (broad SMARTS) is 1. The molecule has 0 atom stereocenters. The Morgan fingerprint density at radius 1 is 1.50 bits per heavy atom. The number of imidazole rings is 1. The smallest absolute Gasteiger partial charge is 0.303 e. The van der Waals surface area contributed by atoms with Crippen molar-refractivity contribution in [2.24, 2.45) is 7.05 Å². The summed E-state index contributed by atoms with van der Waals surface area (Å²) in [5.41, 5.74) is 1.64. The summed E-state index contributed by atoms with van der Waals surface area (Å²) < 4.78 is 8.12. The summed E-state index contributed by atoms with van der Waals surface area (Å²) in [5, 5.41) is 8.74. The van der Waals surface area contributed by atoms with E-state index in [9.17, 15) is 4.79 Å². The van der Waals surface area contributed by atoms with E-state index in [0.29, 0.717) is 6.42 Å². The molecule has 0 aliphatic heterocycles. The summed E-state index contributed by atoms with van der Waals surface area (Å²) in [4.78, 5) is 15.1. The molecule has 0 saturated heterocycles. The van der Waals surface area contributed by atoms with Gasteiger partial charge in [0.2, 0.25) is 0 Å². The lowest BCUT2D eigenvalue weighted by Gasteiger charge is -2.06. The maximum absolute atomic E-state index is 10.6. The Morgan fingerprint density at radius 2 is 2.25 bits per heavy atom. The van der Waals surface area contributed by atoms with Crippen molar-refractivity contribution in [3.05, 3.63) is 34.7 Å². The van der Waals surface area contributed by atoms with Crippen molar-refractivity contribution in [1.29, 1.82) is 0 Å². The Morgan fingerprint density at radius 3 is 2.90 bits per heavy atom. The molecule has 0 aliphatic carbocycles. The molecule has 0 fully saturated rings. The molecule has 1 aromatic heterocycles. The largest absolute Gasteiger partial charge is 0.496 e. The first kappa shape index (κ1) is 14.6. The number of rotatable bonds is 5. The van der Waals surface area contributed by atoms with Gasteiger partial charge in [-0.3, -0.25) is 4.79 Å².